The van der Waals surface area contributed by atoms with E-state index in [1.54, 1.807) is 7.11 Å². The third-order valence-corrected chi connectivity index (χ3v) is 2.74. The van der Waals surface area contributed by atoms with Crippen LogP contribution >= 0.6 is 11.6 Å². The van der Waals surface area contributed by atoms with E-state index in [1.807, 2.05) is 32.0 Å². The van der Waals surface area contributed by atoms with E-state index in [-0.39, 0.29) is 11.9 Å². The van der Waals surface area contributed by atoms with Crippen molar-refractivity contribution in [3.8, 4) is 5.75 Å². The van der Waals surface area contributed by atoms with Gasteiger partial charge in [-0.1, -0.05) is 17.7 Å². The van der Waals surface area contributed by atoms with Gasteiger partial charge < -0.3 is 10.1 Å². The summed E-state index contributed by atoms with van der Waals surface area (Å²) in [6.45, 7) is 3.94. The van der Waals surface area contributed by atoms with Crippen molar-refractivity contribution < 1.29 is 9.53 Å². The van der Waals surface area contributed by atoms with E-state index in [2.05, 4.69) is 5.32 Å². The van der Waals surface area contributed by atoms with Crippen molar-refractivity contribution in [3.63, 3.8) is 0 Å². The van der Waals surface area contributed by atoms with Crippen molar-refractivity contribution in [2.45, 2.75) is 26.3 Å². The molecule has 0 saturated carbocycles. The number of nitrogens with one attached hydrogen (secondary N) is 1. The molecule has 0 aliphatic rings. The molecule has 1 N–H and O–H groups in total. The molecule has 0 aromatic heterocycles. The van der Waals surface area contributed by atoms with Gasteiger partial charge in [-0.25, -0.2) is 0 Å². The van der Waals surface area contributed by atoms with Crippen LogP contribution in [0.2, 0.25) is 0 Å². The van der Waals surface area contributed by atoms with Gasteiger partial charge in [0, 0.05) is 17.9 Å². The third kappa shape index (κ3) is 3.93. The van der Waals surface area contributed by atoms with Crippen molar-refractivity contribution in [1.82, 2.24) is 5.32 Å². The molecule has 0 aliphatic carbocycles. The van der Waals surface area contributed by atoms with Crippen molar-refractivity contribution in [2.24, 2.45) is 0 Å². The molecule has 1 rings (SSSR count). The number of carbonyl (C=O) groups excluding carboxylic acids is 1. The number of amides is 1. The van der Waals surface area contributed by atoms with E-state index >= 15 is 0 Å². The largest absolute Gasteiger partial charge is 0.496 e. The van der Waals surface area contributed by atoms with Crippen LogP contribution < -0.4 is 10.1 Å². The van der Waals surface area contributed by atoms with Gasteiger partial charge in [-0.05, 0) is 19.9 Å². The van der Waals surface area contributed by atoms with Crippen molar-refractivity contribution in [1.29, 1.82) is 0 Å². The molecule has 1 unspecified atom stereocenters. The van der Waals surface area contributed by atoms with Gasteiger partial charge in [0.25, 0.3) is 0 Å². The van der Waals surface area contributed by atoms with Gasteiger partial charge in [0.15, 0.2) is 0 Å². The summed E-state index contributed by atoms with van der Waals surface area (Å²) in [6.07, 6.45) is 0.333. The van der Waals surface area contributed by atoms with Crippen LogP contribution in [0.1, 0.15) is 30.5 Å². The highest BCUT2D eigenvalue weighted by Crippen LogP contribution is 2.25. The number of alkyl halides is 1. The maximum atomic E-state index is 11.5. The van der Waals surface area contributed by atoms with E-state index in [0.29, 0.717) is 12.3 Å². The van der Waals surface area contributed by atoms with Crippen LogP contribution in [0.25, 0.3) is 0 Å². The molecule has 1 atom stereocenters. The highest BCUT2D eigenvalue weighted by Gasteiger charge is 2.13. The Bertz CT molecular complexity index is 393. The van der Waals surface area contributed by atoms with Crippen LogP contribution in [0.15, 0.2) is 18.2 Å². The Labute approximate surface area is 107 Å². The Kier molecular flexibility index (Phi) is 5.29. The standard InChI is InChI=1S/C13H18ClNO2/c1-9-4-5-12(17-3)11(8-9)10(2)15-13(16)6-7-14/h4-5,8,10H,6-7H2,1-3H3,(H,15,16). The fourth-order valence-electron chi connectivity index (χ4n) is 1.67. The Morgan fingerprint density at radius 2 is 2.24 bits per heavy atom. The highest BCUT2D eigenvalue weighted by atomic mass is 35.5. The summed E-state index contributed by atoms with van der Waals surface area (Å²) in [5.41, 5.74) is 2.12. The number of halogens is 1. The van der Waals surface area contributed by atoms with Crippen LogP contribution in [0, 0.1) is 6.92 Å². The first-order chi connectivity index (χ1) is 8.08. The first-order valence-corrected chi connectivity index (χ1v) is 6.11. The zero-order valence-electron chi connectivity index (χ0n) is 10.4. The summed E-state index contributed by atoms with van der Waals surface area (Å²) >= 11 is 5.52. The molecule has 0 fully saturated rings. The molecule has 1 amide bonds. The van der Waals surface area contributed by atoms with E-state index in [4.69, 9.17) is 16.3 Å². The number of aryl methyl sites for hydroxylation is 1. The third-order valence-electron chi connectivity index (χ3n) is 2.55. The molecule has 0 radical (unpaired) electrons. The summed E-state index contributed by atoms with van der Waals surface area (Å²) in [5, 5.41) is 2.90. The number of hydrogen-bond acceptors (Lipinski definition) is 2. The maximum Gasteiger partial charge on any atom is 0.221 e. The molecule has 1 aromatic carbocycles. The zero-order valence-corrected chi connectivity index (χ0v) is 11.2. The lowest BCUT2D eigenvalue weighted by Crippen LogP contribution is -2.27. The van der Waals surface area contributed by atoms with Gasteiger partial charge in [-0.3, -0.25) is 4.79 Å². The second-order valence-electron chi connectivity index (χ2n) is 3.97. The molecule has 0 bridgehead atoms. The van der Waals surface area contributed by atoms with Gasteiger partial charge >= 0.3 is 0 Å². The predicted octanol–water partition coefficient (Wildman–Crippen LogP) is 2.81. The summed E-state index contributed by atoms with van der Waals surface area (Å²) < 4.78 is 5.29. The molecule has 4 heteroatoms. The van der Waals surface area contributed by atoms with Gasteiger partial charge in [0.1, 0.15) is 5.75 Å². The fourth-order valence-corrected chi connectivity index (χ4v) is 1.84. The molecule has 17 heavy (non-hydrogen) atoms. The molecule has 3 nitrogen and oxygen atoms in total. The quantitative estimate of drug-likeness (QED) is 0.822. The number of benzene rings is 1. The van der Waals surface area contributed by atoms with Crippen molar-refractivity contribution in [3.05, 3.63) is 29.3 Å². The molecular formula is C13H18ClNO2. The molecular weight excluding hydrogens is 238 g/mol. The van der Waals surface area contributed by atoms with Crippen LogP contribution in [-0.4, -0.2) is 18.9 Å². The Hall–Kier alpha value is -1.22. The minimum atomic E-state index is -0.0828. The monoisotopic (exact) mass is 255 g/mol. The minimum absolute atomic E-state index is 0.0453. The first kappa shape index (κ1) is 13.8. The summed E-state index contributed by atoms with van der Waals surface area (Å²) in [5.74, 6) is 1.08. The number of carbonyl (C=O) groups is 1. The topological polar surface area (TPSA) is 38.3 Å². The van der Waals surface area contributed by atoms with Gasteiger partial charge in [-0.2, -0.15) is 0 Å². The minimum Gasteiger partial charge on any atom is -0.496 e. The average molecular weight is 256 g/mol. The van der Waals surface area contributed by atoms with E-state index < -0.39 is 0 Å². The SMILES string of the molecule is COc1ccc(C)cc1C(C)NC(=O)CCCl. The second kappa shape index (κ2) is 6.50. The maximum absolute atomic E-state index is 11.5. The first-order valence-electron chi connectivity index (χ1n) is 5.58. The van der Waals surface area contributed by atoms with E-state index in [9.17, 15) is 4.79 Å². The Morgan fingerprint density at radius 3 is 2.82 bits per heavy atom. The summed E-state index contributed by atoms with van der Waals surface area (Å²) in [4.78, 5) is 11.5. The van der Waals surface area contributed by atoms with E-state index in [1.165, 1.54) is 0 Å². The van der Waals surface area contributed by atoms with Crippen molar-refractivity contribution in [2.75, 3.05) is 13.0 Å². The molecule has 1 aromatic rings. The molecule has 0 aliphatic heterocycles. The molecule has 94 valence electrons. The Morgan fingerprint density at radius 1 is 1.53 bits per heavy atom. The van der Waals surface area contributed by atoms with Crippen LogP contribution in [0.5, 0.6) is 5.75 Å². The van der Waals surface area contributed by atoms with Crippen LogP contribution in [-0.2, 0) is 4.79 Å². The van der Waals surface area contributed by atoms with E-state index in [0.717, 1.165) is 16.9 Å². The van der Waals surface area contributed by atoms with Crippen LogP contribution in [0.3, 0.4) is 0 Å². The second-order valence-corrected chi connectivity index (χ2v) is 4.35. The lowest BCUT2D eigenvalue weighted by molar-refractivity contribution is -0.121. The predicted molar refractivity (Wildman–Crippen MR) is 69.6 cm³/mol. The van der Waals surface area contributed by atoms with Crippen molar-refractivity contribution >= 4 is 17.5 Å². The Balaban J connectivity index is 2.83. The normalized spacial score (nSPS) is 12.0. The smallest absolute Gasteiger partial charge is 0.221 e. The summed E-state index contributed by atoms with van der Waals surface area (Å²) in [6, 6.07) is 5.83. The van der Waals surface area contributed by atoms with Crippen LogP contribution in [0.4, 0.5) is 0 Å². The fraction of sp³-hybridized carbons (Fsp3) is 0.462. The number of rotatable bonds is 5. The lowest BCUT2D eigenvalue weighted by atomic mass is 10.0. The zero-order chi connectivity index (χ0) is 12.8. The number of methoxy groups -OCH3 is 1. The van der Waals surface area contributed by atoms with Gasteiger partial charge in [0.2, 0.25) is 5.91 Å². The van der Waals surface area contributed by atoms with Gasteiger partial charge in [-0.15, -0.1) is 11.6 Å². The van der Waals surface area contributed by atoms with Gasteiger partial charge in [0.05, 0.1) is 13.2 Å². The number of hydrogen-bond donors (Lipinski definition) is 1. The molecule has 0 saturated heterocycles. The lowest BCUT2D eigenvalue weighted by Gasteiger charge is -2.17. The summed E-state index contributed by atoms with van der Waals surface area (Å²) in [7, 11) is 1.63. The molecule has 0 spiro atoms. The number of ether oxygens (including phenoxy) is 1. The average Bonchev–Trinajstić information content (AvgIpc) is 2.29. The highest BCUT2D eigenvalue weighted by molar-refractivity contribution is 6.18. The molecule has 0 heterocycles.